The van der Waals surface area contributed by atoms with Crippen molar-refractivity contribution >= 4 is 23.4 Å². The number of nitrogens with zero attached hydrogens (tertiary/aromatic N) is 2. The number of benzene rings is 1. The fraction of sp³-hybridized carbons (Fsp3) is 0.333. The average molecular weight is 300 g/mol. The number of rotatable bonds is 6. The third kappa shape index (κ3) is 3.62. The molecule has 7 heteroatoms. The van der Waals surface area contributed by atoms with Gasteiger partial charge in [0, 0.05) is 17.4 Å². The number of H-pyrrole nitrogens is 1. The molecular formula is C12H14ClN3O2S. The van der Waals surface area contributed by atoms with Gasteiger partial charge in [-0.2, -0.15) is 0 Å². The van der Waals surface area contributed by atoms with Gasteiger partial charge in [-0.1, -0.05) is 23.4 Å². The molecule has 102 valence electrons. The summed E-state index contributed by atoms with van der Waals surface area (Å²) < 4.78 is 5.28. The third-order valence-electron chi connectivity index (χ3n) is 2.42. The number of aliphatic hydroxyl groups is 1. The molecule has 0 atom stereocenters. The molecule has 0 saturated heterocycles. The molecule has 0 bridgehead atoms. The molecule has 2 N–H and O–H groups in total. The zero-order valence-electron chi connectivity index (χ0n) is 10.4. The van der Waals surface area contributed by atoms with Crippen molar-refractivity contribution in [3.05, 3.63) is 23.2 Å². The van der Waals surface area contributed by atoms with Crippen LogP contribution < -0.4 is 4.74 Å². The Morgan fingerprint density at radius 1 is 1.47 bits per heavy atom. The average Bonchev–Trinajstić information content (AvgIpc) is 2.88. The minimum atomic E-state index is 0.173. The van der Waals surface area contributed by atoms with Crippen molar-refractivity contribution in [1.29, 1.82) is 0 Å². The Balaban J connectivity index is 2.20. The van der Waals surface area contributed by atoms with Crippen LogP contribution in [0.15, 0.2) is 23.4 Å². The van der Waals surface area contributed by atoms with Gasteiger partial charge in [-0.25, -0.2) is 4.98 Å². The number of hydrogen-bond acceptors (Lipinski definition) is 5. The van der Waals surface area contributed by atoms with Gasteiger partial charge in [-0.15, -0.1) is 5.10 Å². The Bertz CT molecular complexity index is 548. The van der Waals surface area contributed by atoms with Gasteiger partial charge in [0.1, 0.15) is 5.75 Å². The van der Waals surface area contributed by atoms with E-state index in [1.54, 1.807) is 25.3 Å². The van der Waals surface area contributed by atoms with Crippen molar-refractivity contribution in [3.8, 4) is 17.1 Å². The van der Waals surface area contributed by atoms with Gasteiger partial charge >= 0.3 is 0 Å². The van der Waals surface area contributed by atoms with Crippen LogP contribution in [0.3, 0.4) is 0 Å². The maximum Gasteiger partial charge on any atom is 0.208 e. The topological polar surface area (TPSA) is 71.0 Å². The zero-order chi connectivity index (χ0) is 13.7. The second-order valence-electron chi connectivity index (χ2n) is 3.74. The molecule has 5 nitrogen and oxygen atoms in total. The molecule has 0 amide bonds. The largest absolute Gasteiger partial charge is 0.496 e. The number of aliphatic hydroxyl groups excluding tert-OH is 1. The number of aromatic amines is 1. The maximum atomic E-state index is 8.73. The van der Waals surface area contributed by atoms with E-state index in [0.29, 0.717) is 21.8 Å². The predicted octanol–water partition coefficient (Wildman–Crippen LogP) is 2.61. The van der Waals surface area contributed by atoms with Crippen LogP contribution in [-0.2, 0) is 0 Å². The van der Waals surface area contributed by atoms with E-state index in [1.165, 1.54) is 11.8 Å². The lowest BCUT2D eigenvalue weighted by Gasteiger charge is -2.05. The summed E-state index contributed by atoms with van der Waals surface area (Å²) in [5.41, 5.74) is 0.775. The smallest absolute Gasteiger partial charge is 0.208 e. The first kappa shape index (κ1) is 14.2. The minimum Gasteiger partial charge on any atom is -0.496 e. The summed E-state index contributed by atoms with van der Waals surface area (Å²) >= 11 is 7.47. The van der Waals surface area contributed by atoms with Gasteiger partial charge in [0.2, 0.25) is 5.16 Å². The number of halogens is 1. The summed E-state index contributed by atoms with van der Waals surface area (Å²) in [6, 6.07) is 5.33. The second kappa shape index (κ2) is 6.79. The Hall–Kier alpha value is -1.24. The first-order valence-electron chi connectivity index (χ1n) is 5.74. The molecule has 0 aliphatic carbocycles. The second-order valence-corrected chi connectivity index (χ2v) is 5.24. The normalized spacial score (nSPS) is 10.7. The highest BCUT2D eigenvalue weighted by atomic mass is 35.5. The lowest BCUT2D eigenvalue weighted by molar-refractivity contribution is 0.296. The standard InChI is InChI=1S/C12H14ClN3O2S/c1-18-10-4-3-8(13)7-9(10)11-14-12(16-15-11)19-6-2-5-17/h3-4,7,17H,2,5-6H2,1H3,(H,14,15,16). The maximum absolute atomic E-state index is 8.73. The van der Waals surface area contributed by atoms with E-state index < -0.39 is 0 Å². The number of methoxy groups -OCH3 is 1. The molecule has 0 saturated carbocycles. The monoisotopic (exact) mass is 299 g/mol. The molecule has 2 aromatic rings. The number of ether oxygens (including phenoxy) is 1. The first-order chi connectivity index (χ1) is 9.24. The molecule has 0 radical (unpaired) electrons. The molecule has 19 heavy (non-hydrogen) atoms. The van der Waals surface area contributed by atoms with Crippen molar-refractivity contribution in [2.24, 2.45) is 0 Å². The van der Waals surface area contributed by atoms with Crippen molar-refractivity contribution in [3.63, 3.8) is 0 Å². The van der Waals surface area contributed by atoms with Crippen molar-refractivity contribution in [2.45, 2.75) is 11.6 Å². The van der Waals surface area contributed by atoms with Crippen LogP contribution in [0.1, 0.15) is 6.42 Å². The summed E-state index contributed by atoms with van der Waals surface area (Å²) in [7, 11) is 1.60. The molecule has 2 rings (SSSR count). The minimum absolute atomic E-state index is 0.173. The van der Waals surface area contributed by atoms with Crippen LogP contribution in [0.25, 0.3) is 11.4 Å². The Labute approximate surface area is 120 Å². The SMILES string of the molecule is COc1ccc(Cl)cc1-c1nc(SCCCO)n[nH]1. The van der Waals surface area contributed by atoms with Crippen LogP contribution in [0.5, 0.6) is 5.75 Å². The van der Waals surface area contributed by atoms with E-state index in [0.717, 1.165) is 17.7 Å². The number of nitrogens with one attached hydrogen (secondary N) is 1. The van der Waals surface area contributed by atoms with Gasteiger partial charge < -0.3 is 9.84 Å². The number of aromatic nitrogens is 3. The zero-order valence-corrected chi connectivity index (χ0v) is 12.0. The fourth-order valence-corrected chi connectivity index (χ4v) is 2.42. The Morgan fingerprint density at radius 3 is 3.05 bits per heavy atom. The van der Waals surface area contributed by atoms with E-state index in [4.69, 9.17) is 21.4 Å². The van der Waals surface area contributed by atoms with Crippen molar-refractivity contribution in [2.75, 3.05) is 19.5 Å². The molecule has 1 heterocycles. The molecular weight excluding hydrogens is 286 g/mol. The van der Waals surface area contributed by atoms with E-state index in [1.807, 2.05) is 0 Å². The van der Waals surface area contributed by atoms with Crippen molar-refractivity contribution < 1.29 is 9.84 Å². The summed E-state index contributed by atoms with van der Waals surface area (Å²) in [6.07, 6.45) is 0.717. The van der Waals surface area contributed by atoms with Gasteiger partial charge in [0.25, 0.3) is 0 Å². The van der Waals surface area contributed by atoms with Gasteiger partial charge in [0.15, 0.2) is 5.82 Å². The summed E-state index contributed by atoms with van der Waals surface area (Å²) in [4.78, 5) is 4.38. The van der Waals surface area contributed by atoms with E-state index in [9.17, 15) is 0 Å². The summed E-state index contributed by atoms with van der Waals surface area (Å²) in [6.45, 7) is 0.173. The van der Waals surface area contributed by atoms with Crippen LogP contribution >= 0.6 is 23.4 Å². The van der Waals surface area contributed by atoms with Crippen LogP contribution in [0, 0.1) is 0 Å². The number of thioether (sulfide) groups is 1. The van der Waals surface area contributed by atoms with Gasteiger partial charge in [-0.3, -0.25) is 5.10 Å². The highest BCUT2D eigenvalue weighted by Crippen LogP contribution is 2.31. The molecule has 0 spiro atoms. The summed E-state index contributed by atoms with van der Waals surface area (Å²) in [5.74, 6) is 2.08. The predicted molar refractivity (Wildman–Crippen MR) is 75.8 cm³/mol. The Morgan fingerprint density at radius 2 is 2.32 bits per heavy atom. The fourth-order valence-electron chi connectivity index (χ4n) is 1.52. The highest BCUT2D eigenvalue weighted by molar-refractivity contribution is 7.99. The van der Waals surface area contributed by atoms with E-state index in [2.05, 4.69) is 15.2 Å². The molecule has 0 aliphatic rings. The number of hydrogen-bond donors (Lipinski definition) is 2. The Kier molecular flexibility index (Phi) is 5.07. The lowest BCUT2D eigenvalue weighted by Crippen LogP contribution is -1.89. The van der Waals surface area contributed by atoms with E-state index >= 15 is 0 Å². The third-order valence-corrected chi connectivity index (χ3v) is 3.58. The van der Waals surface area contributed by atoms with Crippen LogP contribution in [0.2, 0.25) is 5.02 Å². The molecule has 0 fully saturated rings. The van der Waals surface area contributed by atoms with Crippen LogP contribution in [-0.4, -0.2) is 39.8 Å². The molecule has 0 aliphatic heterocycles. The molecule has 1 aromatic carbocycles. The van der Waals surface area contributed by atoms with Crippen molar-refractivity contribution in [1.82, 2.24) is 15.2 Å². The van der Waals surface area contributed by atoms with E-state index in [-0.39, 0.29) is 6.61 Å². The summed E-state index contributed by atoms with van der Waals surface area (Å²) in [5, 5.41) is 17.0. The molecule has 0 unspecified atom stereocenters. The van der Waals surface area contributed by atoms with Gasteiger partial charge in [-0.05, 0) is 24.6 Å². The first-order valence-corrected chi connectivity index (χ1v) is 7.11. The lowest BCUT2D eigenvalue weighted by atomic mass is 10.2. The van der Waals surface area contributed by atoms with Crippen LogP contribution in [0.4, 0.5) is 0 Å². The highest BCUT2D eigenvalue weighted by Gasteiger charge is 2.11. The molecule has 1 aromatic heterocycles. The van der Waals surface area contributed by atoms with Gasteiger partial charge in [0.05, 0.1) is 12.7 Å². The quantitative estimate of drug-likeness (QED) is 0.634.